The molecule has 0 heterocycles. The van der Waals surface area contributed by atoms with Crippen molar-refractivity contribution in [3.8, 4) is 0 Å². The van der Waals surface area contributed by atoms with E-state index in [-0.39, 0.29) is 11.6 Å². The zero-order valence-electron chi connectivity index (χ0n) is 15.4. The van der Waals surface area contributed by atoms with Gasteiger partial charge in [0.1, 0.15) is 5.92 Å². The van der Waals surface area contributed by atoms with Gasteiger partial charge in [0.05, 0.1) is 0 Å². The van der Waals surface area contributed by atoms with Gasteiger partial charge in [0.2, 0.25) is 0 Å². The molecule has 0 bridgehead atoms. The Morgan fingerprint density at radius 3 is 1.67 bits per heavy atom. The fraction of sp³-hybridized carbons (Fsp3) is 0.0500. The van der Waals surface area contributed by atoms with Crippen molar-refractivity contribution < 1.29 is 19.5 Å². The van der Waals surface area contributed by atoms with Crippen molar-refractivity contribution in [1.82, 2.24) is 0 Å². The lowest BCUT2D eigenvalue weighted by molar-refractivity contribution is -0.137. The van der Waals surface area contributed by atoms with Crippen molar-refractivity contribution in [1.29, 1.82) is 0 Å². The summed E-state index contributed by atoms with van der Waals surface area (Å²) in [5, 5.41) is 8.81. The SMILES string of the molecule is O=C(O)C1C=Cc2ccccc21.O=C1C=CC(=O)c2ccccc21.[N-]=[N+]=[N-].[N-]=[N+]=[N-]. The van der Waals surface area contributed by atoms with E-state index in [1.165, 1.54) is 22.0 Å². The first kappa shape index (κ1) is 23.4. The summed E-state index contributed by atoms with van der Waals surface area (Å²) in [5.74, 6) is -1.41. The van der Waals surface area contributed by atoms with Crippen molar-refractivity contribution >= 4 is 23.6 Å². The predicted octanol–water partition coefficient (Wildman–Crippen LogP) is 5.24. The lowest BCUT2D eigenvalue weighted by atomic mass is 9.95. The third-order valence-corrected chi connectivity index (χ3v) is 3.91. The molecule has 10 nitrogen and oxygen atoms in total. The molecule has 4 rings (SSSR count). The summed E-state index contributed by atoms with van der Waals surface area (Å²) in [4.78, 5) is 36.1. The number of carboxylic acids is 1. The van der Waals surface area contributed by atoms with Crippen LogP contribution in [0.4, 0.5) is 0 Å². The molecule has 10 heteroatoms. The summed E-state index contributed by atoms with van der Waals surface area (Å²) < 4.78 is 0. The van der Waals surface area contributed by atoms with Crippen LogP contribution in [-0.2, 0) is 4.79 Å². The second-order valence-corrected chi connectivity index (χ2v) is 5.59. The molecule has 1 atom stereocenters. The van der Waals surface area contributed by atoms with Gasteiger partial charge in [0.15, 0.2) is 11.6 Å². The monoisotopic (exact) mass is 402 g/mol. The van der Waals surface area contributed by atoms with E-state index >= 15 is 0 Å². The van der Waals surface area contributed by atoms with Crippen molar-refractivity contribution in [2.75, 3.05) is 0 Å². The first-order valence-electron chi connectivity index (χ1n) is 8.23. The molecule has 2 aromatic carbocycles. The summed E-state index contributed by atoms with van der Waals surface area (Å²) >= 11 is 0. The van der Waals surface area contributed by atoms with Crippen molar-refractivity contribution in [2.45, 2.75) is 5.92 Å². The molecule has 0 saturated heterocycles. The number of hydrogen-bond donors (Lipinski definition) is 1. The number of benzene rings is 2. The van der Waals surface area contributed by atoms with E-state index in [1.807, 2.05) is 30.3 Å². The van der Waals surface area contributed by atoms with Gasteiger partial charge >= 0.3 is 5.97 Å². The first-order valence-corrected chi connectivity index (χ1v) is 8.23. The molecular formula is C20H14N6O4-2. The molecule has 0 aliphatic heterocycles. The van der Waals surface area contributed by atoms with Gasteiger partial charge in [-0.15, -0.1) is 0 Å². The minimum atomic E-state index is -0.781. The van der Waals surface area contributed by atoms with Crippen molar-refractivity contribution in [3.05, 3.63) is 121 Å². The number of ketones is 2. The highest BCUT2D eigenvalue weighted by Gasteiger charge is 2.22. The number of carbonyl (C=O) groups is 3. The molecule has 0 saturated carbocycles. The van der Waals surface area contributed by atoms with E-state index in [2.05, 4.69) is 0 Å². The van der Waals surface area contributed by atoms with Crippen LogP contribution >= 0.6 is 0 Å². The maximum Gasteiger partial charge on any atom is 0.314 e. The normalized spacial score (nSPS) is 14.1. The number of nitrogens with zero attached hydrogens (tertiary/aromatic N) is 6. The lowest BCUT2D eigenvalue weighted by Crippen LogP contribution is -2.10. The number of hydrogen-bond acceptors (Lipinski definition) is 3. The highest BCUT2D eigenvalue weighted by atomic mass is 16.4. The van der Waals surface area contributed by atoms with E-state index in [0.29, 0.717) is 11.1 Å². The van der Waals surface area contributed by atoms with Gasteiger partial charge in [-0.2, -0.15) is 0 Å². The Balaban J connectivity index is 0.000000239. The van der Waals surface area contributed by atoms with Crippen LogP contribution in [-0.4, -0.2) is 22.6 Å². The Kier molecular flexibility index (Phi) is 9.31. The Labute approximate surface area is 170 Å². The molecule has 2 aliphatic carbocycles. The number of fused-ring (bicyclic) bond motifs is 2. The van der Waals surface area contributed by atoms with Crippen LogP contribution in [0.25, 0.3) is 38.0 Å². The number of carboxylic acid groups (broad SMARTS) is 1. The maximum atomic E-state index is 11.2. The molecule has 0 spiro atoms. The van der Waals surface area contributed by atoms with Gasteiger partial charge in [-0.3, -0.25) is 24.2 Å². The molecule has 30 heavy (non-hydrogen) atoms. The average Bonchev–Trinajstić information content (AvgIpc) is 3.17. The van der Waals surface area contributed by atoms with Crippen LogP contribution in [0.5, 0.6) is 0 Å². The fourth-order valence-electron chi connectivity index (χ4n) is 2.71. The Hall–Kier alpha value is -4.65. The predicted molar refractivity (Wildman–Crippen MR) is 110 cm³/mol. The summed E-state index contributed by atoms with van der Waals surface area (Å²) in [6.45, 7) is 0. The minimum Gasteiger partial charge on any atom is -0.481 e. The van der Waals surface area contributed by atoms with Crippen molar-refractivity contribution in [2.24, 2.45) is 0 Å². The number of rotatable bonds is 1. The molecule has 0 fully saturated rings. The highest BCUT2D eigenvalue weighted by molar-refractivity contribution is 6.21. The maximum absolute atomic E-state index is 11.2. The summed E-state index contributed by atoms with van der Waals surface area (Å²) in [6, 6.07) is 14.4. The van der Waals surface area contributed by atoms with E-state index in [4.69, 9.17) is 27.2 Å². The van der Waals surface area contributed by atoms with Crippen LogP contribution in [0.1, 0.15) is 37.8 Å². The largest absolute Gasteiger partial charge is 0.481 e. The molecular weight excluding hydrogens is 388 g/mol. The first-order chi connectivity index (χ1) is 14.4. The molecule has 0 amide bonds. The van der Waals surface area contributed by atoms with Gasteiger partial charge in [-0.25, -0.2) is 0 Å². The second kappa shape index (κ2) is 11.9. The third kappa shape index (κ3) is 6.21. The second-order valence-electron chi connectivity index (χ2n) is 5.59. The molecule has 0 radical (unpaired) electrons. The van der Waals surface area contributed by atoms with E-state index in [1.54, 1.807) is 30.3 Å². The summed E-state index contributed by atoms with van der Waals surface area (Å²) in [5.41, 5.74) is 29.9. The molecule has 0 aromatic heterocycles. The van der Waals surface area contributed by atoms with Gasteiger partial charge in [-0.1, -0.05) is 60.7 Å². The zero-order valence-corrected chi connectivity index (χ0v) is 15.4. The van der Waals surface area contributed by atoms with Crippen LogP contribution in [0.15, 0.2) is 66.8 Å². The molecule has 2 aromatic rings. The standard InChI is InChI=1S/C10H6O2.C10H8O2.2N3/c11-9-5-6-10(12)8-4-2-1-3-7(8)9;11-10(12)9-6-5-7-3-1-2-4-8(7)9;2*1-3-2/h1-6H;1-6,9H,(H,11,12);;/q;;2*-1. The lowest BCUT2D eigenvalue weighted by Gasteiger charge is -2.06. The van der Waals surface area contributed by atoms with Crippen LogP contribution in [0.3, 0.4) is 0 Å². The van der Waals surface area contributed by atoms with Gasteiger partial charge in [0, 0.05) is 11.1 Å². The smallest absolute Gasteiger partial charge is 0.314 e. The Morgan fingerprint density at radius 2 is 1.20 bits per heavy atom. The van der Waals surface area contributed by atoms with Crippen LogP contribution in [0.2, 0.25) is 0 Å². The Bertz CT molecular complexity index is 1030. The van der Waals surface area contributed by atoms with E-state index in [9.17, 15) is 14.4 Å². The minimum absolute atomic E-state index is 0.0924. The van der Waals surface area contributed by atoms with Gasteiger partial charge < -0.3 is 27.2 Å². The number of aliphatic carboxylic acids is 1. The van der Waals surface area contributed by atoms with E-state index < -0.39 is 11.9 Å². The number of carbonyl (C=O) groups excluding carboxylic acids is 2. The Morgan fingerprint density at radius 1 is 0.767 bits per heavy atom. The molecule has 1 N–H and O–H groups in total. The average molecular weight is 402 g/mol. The fourth-order valence-corrected chi connectivity index (χ4v) is 2.71. The summed E-state index contributed by atoms with van der Waals surface area (Å²) in [7, 11) is 0. The number of allylic oxidation sites excluding steroid dienone is 2. The van der Waals surface area contributed by atoms with Crippen LogP contribution < -0.4 is 0 Å². The van der Waals surface area contributed by atoms with Crippen molar-refractivity contribution in [3.63, 3.8) is 0 Å². The zero-order chi connectivity index (χ0) is 22.5. The van der Waals surface area contributed by atoms with Crippen LogP contribution in [0, 0.1) is 0 Å². The summed E-state index contributed by atoms with van der Waals surface area (Å²) in [6.07, 6.45) is 6.19. The van der Waals surface area contributed by atoms with Gasteiger partial charge in [0.25, 0.3) is 0 Å². The molecule has 150 valence electrons. The van der Waals surface area contributed by atoms with Gasteiger partial charge in [-0.05, 0) is 23.3 Å². The molecule has 2 aliphatic rings. The molecule has 1 unspecified atom stereocenters. The van der Waals surface area contributed by atoms with E-state index in [0.717, 1.165) is 11.1 Å². The third-order valence-electron chi connectivity index (χ3n) is 3.91. The topological polar surface area (TPSA) is 189 Å². The quantitative estimate of drug-likeness (QED) is 0.388. The highest BCUT2D eigenvalue weighted by Crippen LogP contribution is 2.29.